The largest absolute Gasteiger partial charge is 0.481 e. The summed E-state index contributed by atoms with van der Waals surface area (Å²) < 4.78 is 33.9. The summed E-state index contributed by atoms with van der Waals surface area (Å²) in [4.78, 5) is 12.9. The second-order valence-corrected chi connectivity index (χ2v) is 9.69. The van der Waals surface area contributed by atoms with Gasteiger partial charge < -0.3 is 10.1 Å². The lowest BCUT2D eigenvalue weighted by Crippen LogP contribution is -2.32. The van der Waals surface area contributed by atoms with Crippen molar-refractivity contribution in [1.29, 1.82) is 0 Å². The number of carbonyl (C=O) groups excluding carboxylic acids is 1. The van der Waals surface area contributed by atoms with E-state index in [1.807, 2.05) is 62.4 Å². The second-order valence-electron chi connectivity index (χ2n) is 8.01. The highest BCUT2D eigenvalue weighted by Crippen LogP contribution is 2.23. The number of carbonyl (C=O) groups is 1. The number of fused-ring (bicyclic) bond motifs is 1. The van der Waals surface area contributed by atoms with E-state index in [0.717, 1.165) is 16.3 Å². The molecule has 0 aromatic heterocycles. The van der Waals surface area contributed by atoms with Gasteiger partial charge in [0.2, 0.25) is 0 Å². The van der Waals surface area contributed by atoms with Crippen LogP contribution in [0.3, 0.4) is 0 Å². The Morgan fingerprint density at radius 1 is 0.853 bits per heavy atom. The number of rotatable bonds is 8. The molecule has 1 amide bonds. The second kappa shape index (κ2) is 9.97. The van der Waals surface area contributed by atoms with Gasteiger partial charge in [0.15, 0.2) is 6.10 Å². The van der Waals surface area contributed by atoms with Gasteiger partial charge in [0.1, 0.15) is 5.75 Å². The van der Waals surface area contributed by atoms with Crippen LogP contribution < -0.4 is 14.8 Å². The van der Waals surface area contributed by atoms with Crippen molar-refractivity contribution >= 4 is 38.1 Å². The highest BCUT2D eigenvalue weighted by molar-refractivity contribution is 7.92. The molecule has 0 aliphatic carbocycles. The maximum atomic E-state index is 12.8. The monoisotopic (exact) mass is 474 g/mol. The summed E-state index contributed by atoms with van der Waals surface area (Å²) in [6.07, 6.45) is -0.210. The molecule has 0 radical (unpaired) electrons. The van der Waals surface area contributed by atoms with Crippen molar-refractivity contribution < 1.29 is 17.9 Å². The summed E-state index contributed by atoms with van der Waals surface area (Å²) in [5, 5.41) is 4.94. The Bertz CT molecular complexity index is 1420. The molecule has 4 rings (SSSR count). The fourth-order valence-electron chi connectivity index (χ4n) is 3.59. The number of anilines is 2. The highest BCUT2D eigenvalue weighted by atomic mass is 32.2. The maximum absolute atomic E-state index is 12.8. The van der Waals surface area contributed by atoms with Crippen LogP contribution in [0.2, 0.25) is 0 Å². The van der Waals surface area contributed by atoms with E-state index in [9.17, 15) is 13.2 Å². The van der Waals surface area contributed by atoms with E-state index in [1.165, 1.54) is 12.1 Å². The van der Waals surface area contributed by atoms with Gasteiger partial charge >= 0.3 is 0 Å². The highest BCUT2D eigenvalue weighted by Gasteiger charge is 2.20. The third-order valence-electron chi connectivity index (χ3n) is 5.36. The molecule has 0 saturated carbocycles. The SMILES string of the molecule is CC[C@@H](Oc1ccc2ccccc2c1)C(=O)Nc1ccc(S(=O)(=O)Nc2cccc(C)c2)cc1. The van der Waals surface area contributed by atoms with Crippen LogP contribution >= 0.6 is 0 Å². The molecular formula is C27H26N2O4S. The number of aryl methyl sites for hydroxylation is 1. The van der Waals surface area contributed by atoms with Crippen molar-refractivity contribution in [2.75, 3.05) is 10.0 Å². The summed E-state index contributed by atoms with van der Waals surface area (Å²) in [5.41, 5.74) is 1.93. The van der Waals surface area contributed by atoms with E-state index in [1.54, 1.807) is 30.3 Å². The molecule has 2 N–H and O–H groups in total. The first-order valence-electron chi connectivity index (χ1n) is 11.0. The minimum absolute atomic E-state index is 0.103. The van der Waals surface area contributed by atoms with Gasteiger partial charge in [0.05, 0.1) is 4.90 Å². The summed E-state index contributed by atoms with van der Waals surface area (Å²) in [5.74, 6) is 0.313. The Hall–Kier alpha value is -3.84. The van der Waals surface area contributed by atoms with Gasteiger partial charge in [-0.3, -0.25) is 9.52 Å². The lowest BCUT2D eigenvalue weighted by molar-refractivity contribution is -0.122. The van der Waals surface area contributed by atoms with Crippen LogP contribution in [0.1, 0.15) is 18.9 Å². The maximum Gasteiger partial charge on any atom is 0.265 e. The minimum atomic E-state index is -3.74. The van der Waals surface area contributed by atoms with Crippen LogP contribution in [0.25, 0.3) is 10.8 Å². The first-order chi connectivity index (χ1) is 16.3. The molecular weight excluding hydrogens is 448 g/mol. The molecule has 1 atom stereocenters. The fourth-order valence-corrected chi connectivity index (χ4v) is 4.64. The smallest absolute Gasteiger partial charge is 0.265 e. The average molecular weight is 475 g/mol. The topological polar surface area (TPSA) is 84.5 Å². The molecule has 4 aromatic carbocycles. The molecule has 0 aliphatic rings. The van der Waals surface area contributed by atoms with Crippen molar-refractivity contribution in [2.24, 2.45) is 0 Å². The molecule has 0 bridgehead atoms. The zero-order valence-electron chi connectivity index (χ0n) is 19.0. The summed E-state index contributed by atoms with van der Waals surface area (Å²) in [6, 6.07) is 26.8. The van der Waals surface area contributed by atoms with Gasteiger partial charge in [-0.25, -0.2) is 8.42 Å². The van der Waals surface area contributed by atoms with E-state index in [-0.39, 0.29) is 10.8 Å². The Morgan fingerprint density at radius 3 is 2.29 bits per heavy atom. The first kappa shape index (κ1) is 23.3. The Balaban J connectivity index is 1.42. The van der Waals surface area contributed by atoms with Crippen LogP contribution in [0.4, 0.5) is 11.4 Å². The normalized spacial score (nSPS) is 12.2. The number of hydrogen-bond donors (Lipinski definition) is 2. The van der Waals surface area contributed by atoms with Gasteiger partial charge in [-0.1, -0.05) is 49.4 Å². The molecule has 7 heteroatoms. The zero-order valence-corrected chi connectivity index (χ0v) is 19.8. The van der Waals surface area contributed by atoms with E-state index in [0.29, 0.717) is 23.5 Å². The molecule has 0 aliphatic heterocycles. The van der Waals surface area contributed by atoms with Gasteiger partial charge in [0.25, 0.3) is 15.9 Å². The number of benzene rings is 4. The molecule has 0 saturated heterocycles. The van der Waals surface area contributed by atoms with Crippen LogP contribution in [0.15, 0.2) is 95.9 Å². The molecule has 0 heterocycles. The third kappa shape index (κ3) is 5.55. The van der Waals surface area contributed by atoms with Crippen molar-refractivity contribution in [3.8, 4) is 5.75 Å². The summed E-state index contributed by atoms with van der Waals surface area (Å²) in [7, 11) is -3.74. The molecule has 0 unspecified atom stereocenters. The van der Waals surface area contributed by atoms with Crippen molar-refractivity contribution in [2.45, 2.75) is 31.3 Å². The van der Waals surface area contributed by atoms with Gasteiger partial charge in [-0.2, -0.15) is 0 Å². The Labute approximate surface area is 199 Å². The van der Waals surface area contributed by atoms with E-state index in [4.69, 9.17) is 4.74 Å². The molecule has 34 heavy (non-hydrogen) atoms. The molecule has 4 aromatic rings. The van der Waals surface area contributed by atoms with Gasteiger partial charge in [-0.15, -0.1) is 0 Å². The molecule has 174 valence electrons. The van der Waals surface area contributed by atoms with Crippen LogP contribution in [-0.4, -0.2) is 20.4 Å². The Kier molecular flexibility index (Phi) is 6.84. The van der Waals surface area contributed by atoms with Gasteiger partial charge in [0, 0.05) is 11.4 Å². The van der Waals surface area contributed by atoms with Gasteiger partial charge in [-0.05, 0) is 78.2 Å². The lowest BCUT2D eigenvalue weighted by Gasteiger charge is -2.18. The van der Waals surface area contributed by atoms with Crippen LogP contribution in [-0.2, 0) is 14.8 Å². The quantitative estimate of drug-likeness (QED) is 0.341. The van der Waals surface area contributed by atoms with Crippen molar-refractivity contribution in [1.82, 2.24) is 0 Å². The minimum Gasteiger partial charge on any atom is -0.481 e. The molecule has 6 nitrogen and oxygen atoms in total. The summed E-state index contributed by atoms with van der Waals surface area (Å²) in [6.45, 7) is 3.76. The van der Waals surface area contributed by atoms with E-state index < -0.39 is 16.1 Å². The average Bonchev–Trinajstić information content (AvgIpc) is 2.82. The van der Waals surface area contributed by atoms with Crippen LogP contribution in [0, 0.1) is 6.92 Å². The Morgan fingerprint density at radius 2 is 1.59 bits per heavy atom. The van der Waals surface area contributed by atoms with Crippen molar-refractivity contribution in [3.63, 3.8) is 0 Å². The number of amides is 1. The predicted molar refractivity (Wildman–Crippen MR) is 136 cm³/mol. The van der Waals surface area contributed by atoms with E-state index in [2.05, 4.69) is 10.0 Å². The number of ether oxygens (including phenoxy) is 1. The lowest BCUT2D eigenvalue weighted by atomic mass is 10.1. The first-order valence-corrected chi connectivity index (χ1v) is 12.5. The number of sulfonamides is 1. The summed E-state index contributed by atoms with van der Waals surface area (Å²) >= 11 is 0. The fraction of sp³-hybridized carbons (Fsp3) is 0.148. The third-order valence-corrected chi connectivity index (χ3v) is 6.76. The molecule has 0 fully saturated rings. The van der Waals surface area contributed by atoms with Crippen molar-refractivity contribution in [3.05, 3.63) is 96.6 Å². The number of hydrogen-bond acceptors (Lipinski definition) is 4. The number of nitrogens with one attached hydrogen (secondary N) is 2. The zero-order chi connectivity index (χ0) is 24.1. The predicted octanol–water partition coefficient (Wildman–Crippen LogP) is 5.75. The standard InChI is InChI=1S/C27H26N2O4S/c1-3-26(33-24-14-11-20-8-4-5-9-21(20)18-24)27(30)28-22-12-15-25(16-13-22)34(31,32)29-23-10-6-7-19(2)17-23/h4-18,26,29H,3H2,1-2H3,(H,28,30)/t26-/m1/s1. The van der Waals surface area contributed by atoms with Crippen LogP contribution in [0.5, 0.6) is 5.75 Å². The molecule has 0 spiro atoms. The van der Waals surface area contributed by atoms with E-state index >= 15 is 0 Å².